The summed E-state index contributed by atoms with van der Waals surface area (Å²) in [7, 11) is 0. The fourth-order valence-electron chi connectivity index (χ4n) is 2.23. The predicted molar refractivity (Wildman–Crippen MR) is 80.2 cm³/mol. The number of amides is 1. The Bertz CT molecular complexity index is 483. The topological polar surface area (TPSA) is 92.3 Å². The molecule has 1 N–H and O–H groups in total. The van der Waals surface area contributed by atoms with Crippen molar-refractivity contribution in [3.63, 3.8) is 0 Å². The molecule has 0 spiro atoms. The molecule has 0 saturated carbocycles. The number of hydrogen-bond donors (Lipinski definition) is 1. The van der Waals surface area contributed by atoms with Crippen molar-refractivity contribution in [1.29, 1.82) is 0 Å². The number of benzene rings is 1. The van der Waals surface area contributed by atoms with Crippen molar-refractivity contribution in [3.05, 3.63) is 29.8 Å². The van der Waals surface area contributed by atoms with Crippen LogP contribution in [-0.2, 0) is 4.79 Å². The van der Waals surface area contributed by atoms with E-state index in [0.29, 0.717) is 13.0 Å². The van der Waals surface area contributed by atoms with Crippen LogP contribution in [0.3, 0.4) is 0 Å². The molecule has 0 unspecified atom stereocenters. The van der Waals surface area contributed by atoms with Crippen molar-refractivity contribution in [2.45, 2.75) is 51.4 Å². The molecule has 1 aromatic carbocycles. The zero-order valence-electron chi connectivity index (χ0n) is 14.8. The van der Waals surface area contributed by atoms with Crippen LogP contribution in [0.2, 0.25) is 0 Å². The van der Waals surface area contributed by atoms with E-state index in [-0.39, 0.29) is 82.8 Å². The summed E-state index contributed by atoms with van der Waals surface area (Å²) < 4.78 is 0. The zero-order chi connectivity index (χ0) is 16.2. The molecule has 0 radical (unpaired) electrons. The SMILES string of the molecule is O=C([O-])CCCCCCCCCNC(=O)c1ccccc1[O-].[Na+].[Na+]. The number of carbonyl (C=O) groups is 2. The maximum atomic E-state index is 11.8. The Morgan fingerprint density at radius 1 is 0.875 bits per heavy atom. The quantitative estimate of drug-likeness (QED) is 0.321. The molecule has 0 aliphatic heterocycles. The average molecular weight is 351 g/mol. The van der Waals surface area contributed by atoms with Gasteiger partial charge in [-0.05, 0) is 19.3 Å². The molecule has 5 nitrogen and oxygen atoms in total. The van der Waals surface area contributed by atoms with Crippen LogP contribution in [0.15, 0.2) is 24.3 Å². The van der Waals surface area contributed by atoms with Crippen LogP contribution in [0.5, 0.6) is 5.75 Å². The molecule has 24 heavy (non-hydrogen) atoms. The number of hydrogen-bond acceptors (Lipinski definition) is 4. The summed E-state index contributed by atoms with van der Waals surface area (Å²) in [6.45, 7) is 0.567. The summed E-state index contributed by atoms with van der Waals surface area (Å²) in [6, 6.07) is 6.21. The average Bonchev–Trinajstić information content (AvgIpc) is 2.49. The standard InChI is InChI=1S/C17H25NO4.2Na/c19-15-11-8-7-10-14(15)17(22)18-13-9-5-3-1-2-4-6-12-16(20)21;;/h7-8,10-11,19H,1-6,9,12-13H2,(H,18,22)(H,20,21);;/q;2*+1/p-2. The van der Waals surface area contributed by atoms with E-state index in [0.717, 1.165) is 38.5 Å². The Balaban J connectivity index is 0. The van der Waals surface area contributed by atoms with Gasteiger partial charge in [0.15, 0.2) is 0 Å². The minimum absolute atomic E-state index is 0. The van der Waals surface area contributed by atoms with E-state index in [4.69, 9.17) is 0 Å². The van der Waals surface area contributed by atoms with Gasteiger partial charge in [0.2, 0.25) is 0 Å². The van der Waals surface area contributed by atoms with Crippen molar-refractivity contribution in [2.75, 3.05) is 6.54 Å². The first-order valence-corrected chi connectivity index (χ1v) is 7.85. The molecule has 7 heteroatoms. The molecule has 0 heterocycles. The summed E-state index contributed by atoms with van der Waals surface area (Å²) in [4.78, 5) is 22.0. The van der Waals surface area contributed by atoms with Gasteiger partial charge in [-0.15, -0.1) is 0 Å². The number of para-hydroxylation sites is 1. The van der Waals surface area contributed by atoms with Gasteiger partial charge in [-0.25, -0.2) is 0 Å². The molecular formula is C17H23NNa2O4. The maximum absolute atomic E-state index is 11.8. The Hall–Kier alpha value is -0.0400. The third-order valence-electron chi connectivity index (χ3n) is 3.47. The molecule has 1 aromatic rings. The Morgan fingerprint density at radius 2 is 1.42 bits per heavy atom. The van der Waals surface area contributed by atoms with Crippen LogP contribution in [0.25, 0.3) is 0 Å². The number of carboxylic acid groups (broad SMARTS) is 1. The number of carbonyl (C=O) groups excluding carboxylic acids is 2. The second kappa shape index (κ2) is 16.4. The maximum Gasteiger partial charge on any atom is 1.00 e. The van der Waals surface area contributed by atoms with Crippen LogP contribution in [0, 0.1) is 0 Å². The summed E-state index contributed by atoms with van der Waals surface area (Å²) in [5, 5.41) is 24.4. The van der Waals surface area contributed by atoms with Gasteiger partial charge in [0.1, 0.15) is 0 Å². The number of nitrogens with one attached hydrogen (secondary N) is 1. The number of aliphatic carboxylic acids is 1. The zero-order valence-corrected chi connectivity index (χ0v) is 18.8. The minimum Gasteiger partial charge on any atom is -0.872 e. The third kappa shape index (κ3) is 12.3. The number of unbranched alkanes of at least 4 members (excludes halogenated alkanes) is 6. The summed E-state index contributed by atoms with van der Waals surface area (Å²) in [6.07, 6.45) is 6.82. The molecule has 122 valence electrons. The normalized spacial score (nSPS) is 9.50. The van der Waals surface area contributed by atoms with E-state index < -0.39 is 5.97 Å². The molecular weight excluding hydrogens is 328 g/mol. The van der Waals surface area contributed by atoms with E-state index in [2.05, 4.69) is 5.32 Å². The first kappa shape index (κ1) is 26.2. The van der Waals surface area contributed by atoms with Gasteiger partial charge in [-0.2, -0.15) is 0 Å². The molecule has 0 saturated heterocycles. The second-order valence-electron chi connectivity index (χ2n) is 5.35. The summed E-state index contributed by atoms with van der Waals surface area (Å²) in [5.74, 6) is -1.54. The molecule has 0 atom stereocenters. The largest absolute Gasteiger partial charge is 1.00 e. The fraction of sp³-hybridized carbons (Fsp3) is 0.529. The summed E-state index contributed by atoms with van der Waals surface area (Å²) in [5.41, 5.74) is 0.190. The van der Waals surface area contributed by atoms with Crippen molar-refractivity contribution < 1.29 is 78.9 Å². The first-order valence-electron chi connectivity index (χ1n) is 7.85. The molecule has 0 aromatic heterocycles. The summed E-state index contributed by atoms with van der Waals surface area (Å²) >= 11 is 0. The Kier molecular flexibility index (Phi) is 17.9. The third-order valence-corrected chi connectivity index (χ3v) is 3.47. The van der Waals surface area contributed by atoms with Crippen LogP contribution in [-0.4, -0.2) is 18.4 Å². The van der Waals surface area contributed by atoms with E-state index in [1.165, 1.54) is 12.1 Å². The monoisotopic (exact) mass is 351 g/mol. The molecule has 1 rings (SSSR count). The van der Waals surface area contributed by atoms with Gasteiger partial charge in [-0.3, -0.25) is 4.79 Å². The van der Waals surface area contributed by atoms with Crippen molar-refractivity contribution >= 4 is 11.9 Å². The Labute approximate surface area is 188 Å². The van der Waals surface area contributed by atoms with E-state index >= 15 is 0 Å². The molecule has 0 fully saturated rings. The van der Waals surface area contributed by atoms with Crippen LogP contribution in [0.4, 0.5) is 0 Å². The van der Waals surface area contributed by atoms with Gasteiger partial charge in [-0.1, -0.05) is 62.1 Å². The fourth-order valence-corrected chi connectivity index (χ4v) is 2.23. The van der Waals surface area contributed by atoms with E-state index in [1.54, 1.807) is 12.1 Å². The molecule has 0 aliphatic carbocycles. The van der Waals surface area contributed by atoms with Crippen LogP contribution < -0.4 is 74.6 Å². The smallest absolute Gasteiger partial charge is 0.872 e. The molecule has 1 amide bonds. The van der Waals surface area contributed by atoms with Gasteiger partial charge in [0, 0.05) is 18.1 Å². The van der Waals surface area contributed by atoms with Crippen molar-refractivity contribution in [3.8, 4) is 5.75 Å². The first-order chi connectivity index (χ1) is 10.6. The van der Waals surface area contributed by atoms with Crippen LogP contribution >= 0.6 is 0 Å². The predicted octanol–water partition coefficient (Wildman–Crippen LogP) is -4.63. The minimum atomic E-state index is -0.976. The van der Waals surface area contributed by atoms with Crippen LogP contribution in [0.1, 0.15) is 61.7 Å². The molecule has 0 bridgehead atoms. The van der Waals surface area contributed by atoms with Gasteiger partial charge in [0.25, 0.3) is 5.91 Å². The van der Waals surface area contributed by atoms with Crippen molar-refractivity contribution in [2.24, 2.45) is 0 Å². The van der Waals surface area contributed by atoms with Gasteiger partial charge < -0.3 is 20.3 Å². The van der Waals surface area contributed by atoms with E-state index in [9.17, 15) is 19.8 Å². The van der Waals surface area contributed by atoms with Gasteiger partial charge >= 0.3 is 59.1 Å². The number of carboxylic acids is 1. The van der Waals surface area contributed by atoms with Crippen molar-refractivity contribution in [1.82, 2.24) is 5.32 Å². The van der Waals surface area contributed by atoms with Gasteiger partial charge in [0.05, 0.1) is 0 Å². The molecule has 0 aliphatic rings. The number of rotatable bonds is 11. The Morgan fingerprint density at radius 3 is 2.00 bits per heavy atom. The second-order valence-corrected chi connectivity index (χ2v) is 5.35. The van der Waals surface area contributed by atoms with E-state index in [1.807, 2.05) is 0 Å².